The number of nitrogens with zero attached hydrogens (tertiary/aromatic N) is 1. The van der Waals surface area contributed by atoms with E-state index in [1.54, 1.807) is 29.5 Å². The molecule has 0 aliphatic rings. The number of benzene rings is 1. The third-order valence-electron chi connectivity index (χ3n) is 2.56. The van der Waals surface area contributed by atoms with Crippen LogP contribution in [-0.4, -0.2) is 18.8 Å². The quantitative estimate of drug-likeness (QED) is 0.603. The first-order valence-corrected chi connectivity index (χ1v) is 8.15. The number of hydrogen-bond donors (Lipinski definition) is 0. The summed E-state index contributed by atoms with van der Waals surface area (Å²) in [5.41, 5.74) is 0.457. The minimum atomic E-state index is -0.334. The molecular weight excluding hydrogens is 306 g/mol. The van der Waals surface area contributed by atoms with Crippen molar-refractivity contribution in [2.24, 2.45) is 0 Å². The first-order valence-electron chi connectivity index (χ1n) is 6.12. The monoisotopic (exact) mass is 319 g/mol. The predicted octanol–water partition coefficient (Wildman–Crippen LogP) is 3.47. The number of ether oxygens (including phenoxy) is 2. The van der Waals surface area contributed by atoms with Gasteiger partial charge in [-0.15, -0.1) is 23.1 Å². The van der Waals surface area contributed by atoms with Crippen molar-refractivity contribution in [3.05, 3.63) is 46.2 Å². The Hall–Kier alpha value is -1.97. The smallest absolute Gasteiger partial charge is 0.321 e. The summed E-state index contributed by atoms with van der Waals surface area (Å²) >= 11 is 3.17. The molecule has 0 fully saturated rings. The van der Waals surface area contributed by atoms with Crippen LogP contribution in [0.4, 0.5) is 0 Å². The lowest BCUT2D eigenvalue weighted by Crippen LogP contribution is -2.11. The van der Waals surface area contributed by atoms with E-state index in [-0.39, 0.29) is 11.7 Å². The van der Waals surface area contributed by atoms with Gasteiger partial charge in [-0.3, -0.25) is 4.79 Å². The van der Waals surface area contributed by atoms with E-state index in [1.807, 2.05) is 23.6 Å². The Morgan fingerprint density at radius 1 is 1.38 bits per heavy atom. The summed E-state index contributed by atoms with van der Waals surface area (Å²) in [6.07, 6.45) is 0. The lowest BCUT2D eigenvalue weighted by Gasteiger charge is -2.09. The van der Waals surface area contributed by atoms with Gasteiger partial charge < -0.3 is 9.47 Å². The molecule has 0 atom stereocenters. The number of rotatable bonds is 6. The van der Waals surface area contributed by atoms with Crippen LogP contribution in [-0.2, 0) is 10.5 Å². The molecule has 1 heterocycles. The van der Waals surface area contributed by atoms with Crippen molar-refractivity contribution in [1.29, 1.82) is 5.26 Å². The van der Waals surface area contributed by atoms with Crippen LogP contribution in [0.25, 0.3) is 0 Å². The van der Waals surface area contributed by atoms with Crippen LogP contribution in [0.3, 0.4) is 0 Å². The molecule has 21 heavy (non-hydrogen) atoms. The van der Waals surface area contributed by atoms with E-state index in [0.717, 1.165) is 5.75 Å². The van der Waals surface area contributed by atoms with Crippen molar-refractivity contribution in [2.45, 2.75) is 5.75 Å². The summed E-state index contributed by atoms with van der Waals surface area (Å²) in [4.78, 5) is 13.0. The van der Waals surface area contributed by atoms with Crippen molar-refractivity contribution in [3.63, 3.8) is 0 Å². The second-order valence-electron chi connectivity index (χ2n) is 4.02. The zero-order chi connectivity index (χ0) is 15.1. The van der Waals surface area contributed by atoms with Gasteiger partial charge in [-0.2, -0.15) is 5.26 Å². The number of thioether (sulfide) groups is 1. The van der Waals surface area contributed by atoms with E-state index in [4.69, 9.17) is 14.7 Å². The Balaban J connectivity index is 1.89. The van der Waals surface area contributed by atoms with Crippen molar-refractivity contribution >= 4 is 29.1 Å². The van der Waals surface area contributed by atoms with E-state index in [9.17, 15) is 4.79 Å². The number of esters is 1. The largest absolute Gasteiger partial charge is 0.493 e. The molecule has 0 aliphatic carbocycles. The SMILES string of the molecule is COc1cc(C#N)ccc1OC(=O)CSCc1cccs1. The van der Waals surface area contributed by atoms with Crippen LogP contribution in [0.2, 0.25) is 0 Å². The van der Waals surface area contributed by atoms with Crippen LogP contribution >= 0.6 is 23.1 Å². The zero-order valence-electron chi connectivity index (χ0n) is 11.4. The van der Waals surface area contributed by atoms with Crippen LogP contribution in [0.5, 0.6) is 11.5 Å². The topological polar surface area (TPSA) is 59.3 Å². The van der Waals surface area contributed by atoms with Crippen LogP contribution in [0.1, 0.15) is 10.4 Å². The molecular formula is C15H13NO3S2. The van der Waals surface area contributed by atoms with Crippen LogP contribution < -0.4 is 9.47 Å². The molecule has 0 aliphatic heterocycles. The van der Waals surface area contributed by atoms with Gasteiger partial charge in [0, 0.05) is 16.7 Å². The minimum absolute atomic E-state index is 0.265. The maximum absolute atomic E-state index is 11.8. The Kier molecular flexibility index (Phi) is 5.67. The van der Waals surface area contributed by atoms with Crippen molar-refractivity contribution in [3.8, 4) is 17.6 Å². The molecule has 0 amide bonds. The molecule has 0 bridgehead atoms. The van der Waals surface area contributed by atoms with Crippen LogP contribution in [0.15, 0.2) is 35.7 Å². The van der Waals surface area contributed by atoms with E-state index in [1.165, 1.54) is 23.7 Å². The first kappa shape index (κ1) is 15.4. The van der Waals surface area contributed by atoms with E-state index in [2.05, 4.69) is 0 Å². The molecule has 0 radical (unpaired) electrons. The van der Waals surface area contributed by atoms with Crippen molar-refractivity contribution in [1.82, 2.24) is 0 Å². The number of carbonyl (C=O) groups excluding carboxylic acids is 1. The van der Waals surface area contributed by atoms with Gasteiger partial charge in [0.25, 0.3) is 0 Å². The van der Waals surface area contributed by atoms with Gasteiger partial charge in [0.2, 0.25) is 0 Å². The summed E-state index contributed by atoms with van der Waals surface area (Å²) in [7, 11) is 1.47. The van der Waals surface area contributed by atoms with E-state index < -0.39 is 0 Å². The number of thiophene rings is 1. The van der Waals surface area contributed by atoms with Gasteiger partial charge >= 0.3 is 5.97 Å². The average Bonchev–Trinajstić information content (AvgIpc) is 3.01. The fourth-order valence-electron chi connectivity index (χ4n) is 1.60. The lowest BCUT2D eigenvalue weighted by atomic mass is 10.2. The molecule has 108 valence electrons. The molecule has 6 heteroatoms. The fraction of sp³-hybridized carbons (Fsp3) is 0.200. The second-order valence-corrected chi connectivity index (χ2v) is 6.04. The molecule has 1 aromatic heterocycles. The Bertz CT molecular complexity index is 647. The maximum atomic E-state index is 11.8. The van der Waals surface area contributed by atoms with E-state index >= 15 is 0 Å². The molecule has 0 spiro atoms. The predicted molar refractivity (Wildman–Crippen MR) is 83.8 cm³/mol. The highest BCUT2D eigenvalue weighted by Gasteiger charge is 2.11. The molecule has 1 aromatic carbocycles. The second kappa shape index (κ2) is 7.72. The van der Waals surface area contributed by atoms with Gasteiger partial charge in [0.1, 0.15) is 0 Å². The number of methoxy groups -OCH3 is 1. The van der Waals surface area contributed by atoms with Crippen LogP contribution in [0, 0.1) is 11.3 Å². The molecule has 0 saturated carbocycles. The zero-order valence-corrected chi connectivity index (χ0v) is 13.0. The normalized spacial score (nSPS) is 9.90. The molecule has 2 aromatic rings. The average molecular weight is 319 g/mol. The van der Waals surface area contributed by atoms with E-state index in [0.29, 0.717) is 17.1 Å². The summed E-state index contributed by atoms with van der Waals surface area (Å²) in [5.74, 6) is 1.43. The Labute approximate surface area is 131 Å². The highest BCUT2D eigenvalue weighted by atomic mass is 32.2. The van der Waals surface area contributed by atoms with Gasteiger partial charge in [0.15, 0.2) is 11.5 Å². The van der Waals surface area contributed by atoms with Gasteiger partial charge in [0.05, 0.1) is 24.5 Å². The Morgan fingerprint density at radius 2 is 2.24 bits per heavy atom. The standard InChI is InChI=1S/C15H13NO3S2/c1-18-14-7-11(8-16)4-5-13(14)19-15(17)10-20-9-12-3-2-6-21-12/h2-7H,9-10H2,1H3. The number of carbonyl (C=O) groups is 1. The van der Waals surface area contributed by atoms with Gasteiger partial charge in [-0.1, -0.05) is 6.07 Å². The van der Waals surface area contributed by atoms with Gasteiger partial charge in [-0.05, 0) is 23.6 Å². The minimum Gasteiger partial charge on any atom is -0.493 e. The third-order valence-corrected chi connectivity index (χ3v) is 4.57. The van der Waals surface area contributed by atoms with Gasteiger partial charge in [-0.25, -0.2) is 0 Å². The maximum Gasteiger partial charge on any atom is 0.321 e. The highest BCUT2D eigenvalue weighted by Crippen LogP contribution is 2.28. The molecule has 4 nitrogen and oxygen atoms in total. The number of nitriles is 1. The molecule has 2 rings (SSSR count). The third kappa shape index (κ3) is 4.52. The summed E-state index contributed by atoms with van der Waals surface area (Å²) in [6, 6.07) is 10.7. The van der Waals surface area contributed by atoms with Crippen molar-refractivity contribution < 1.29 is 14.3 Å². The summed E-state index contributed by atoms with van der Waals surface area (Å²) in [5, 5.41) is 10.8. The molecule has 0 saturated heterocycles. The number of hydrogen-bond acceptors (Lipinski definition) is 6. The highest BCUT2D eigenvalue weighted by molar-refractivity contribution is 7.99. The van der Waals surface area contributed by atoms with Crippen molar-refractivity contribution in [2.75, 3.05) is 12.9 Å². The Morgan fingerprint density at radius 3 is 2.90 bits per heavy atom. The lowest BCUT2D eigenvalue weighted by molar-refractivity contribution is -0.131. The fourth-order valence-corrected chi connectivity index (χ4v) is 3.24. The first-order chi connectivity index (χ1) is 10.2. The summed E-state index contributed by atoms with van der Waals surface area (Å²) < 4.78 is 10.4. The molecule has 0 N–H and O–H groups in total. The summed E-state index contributed by atoms with van der Waals surface area (Å²) in [6.45, 7) is 0. The molecule has 0 unspecified atom stereocenters.